The Morgan fingerprint density at radius 3 is 1.27 bits per heavy atom. The van der Waals surface area contributed by atoms with Crippen molar-refractivity contribution in [2.45, 2.75) is 77.4 Å². The largest absolute Gasteiger partial charge is 0.480 e. The Kier molecular flexibility index (Phi) is 9.36. The van der Waals surface area contributed by atoms with Gasteiger partial charge >= 0.3 is 31.4 Å². The van der Waals surface area contributed by atoms with Crippen LogP contribution in [-0.4, -0.2) is 33.4 Å². The van der Waals surface area contributed by atoms with Crippen molar-refractivity contribution in [3.8, 4) is 0 Å². The van der Waals surface area contributed by atoms with E-state index in [0.29, 0.717) is 12.1 Å². The highest BCUT2D eigenvalue weighted by atomic mass is 31.2. The third kappa shape index (κ3) is 7.89. The van der Waals surface area contributed by atoms with Gasteiger partial charge in [-0.05, 0) is 77.6 Å². The summed E-state index contributed by atoms with van der Waals surface area (Å²) in [5.74, 6) is -3.54. The number of carboxylic acid groups (broad SMARTS) is 2. The first kappa shape index (κ1) is 33.4. The highest BCUT2D eigenvalue weighted by molar-refractivity contribution is 7.54. The van der Waals surface area contributed by atoms with Gasteiger partial charge in [0.25, 0.3) is 0 Å². The van der Waals surface area contributed by atoms with Crippen molar-refractivity contribution in [3.05, 3.63) is 70.8 Å². The van der Waals surface area contributed by atoms with E-state index in [0.717, 1.165) is 36.4 Å². The van der Waals surface area contributed by atoms with Crippen molar-refractivity contribution >= 4 is 19.5 Å². The van der Waals surface area contributed by atoms with Gasteiger partial charge in [0.2, 0.25) is 0 Å². The number of hydrogen-bond donors (Lipinski definition) is 2. The summed E-state index contributed by atoms with van der Waals surface area (Å²) in [7, 11) is -5.14. The van der Waals surface area contributed by atoms with Crippen LogP contribution in [0.4, 0.5) is 22.0 Å². The molecule has 7 nitrogen and oxygen atoms in total. The van der Waals surface area contributed by atoms with E-state index in [1.54, 1.807) is 0 Å². The molecule has 40 heavy (non-hydrogen) atoms. The van der Waals surface area contributed by atoms with E-state index >= 15 is 8.78 Å². The van der Waals surface area contributed by atoms with E-state index in [4.69, 9.17) is 9.05 Å². The molecule has 0 aliphatic heterocycles. The minimum atomic E-state index is -5.14. The second-order valence-electron chi connectivity index (χ2n) is 11.4. The predicted molar refractivity (Wildman–Crippen MR) is 136 cm³/mol. The molecule has 2 N–H and O–H groups in total. The number of benzene rings is 2. The number of aliphatic carboxylic acids is 2. The van der Waals surface area contributed by atoms with E-state index in [1.807, 2.05) is 0 Å². The van der Waals surface area contributed by atoms with Crippen LogP contribution in [0.25, 0.3) is 0 Å². The van der Waals surface area contributed by atoms with Crippen LogP contribution in [0.1, 0.15) is 63.8 Å². The molecule has 0 bridgehead atoms. The van der Waals surface area contributed by atoms with Crippen molar-refractivity contribution in [1.29, 1.82) is 0 Å². The van der Waals surface area contributed by atoms with Crippen LogP contribution in [0.5, 0.6) is 0 Å². The van der Waals surface area contributed by atoms with Crippen molar-refractivity contribution in [2.75, 3.05) is 0 Å². The topological polar surface area (TPSA) is 110 Å². The molecule has 0 atom stereocenters. The van der Waals surface area contributed by atoms with Crippen molar-refractivity contribution in [2.24, 2.45) is 5.41 Å². The summed E-state index contributed by atoms with van der Waals surface area (Å²) in [4.78, 5) is 24.3. The minimum Gasteiger partial charge on any atom is -0.480 e. The number of hydrogen-bond acceptors (Lipinski definition) is 5. The van der Waals surface area contributed by atoms with Gasteiger partial charge in [-0.2, -0.15) is 22.0 Å². The highest BCUT2D eigenvalue weighted by Gasteiger charge is 2.58. The predicted octanol–water partition coefficient (Wildman–Crippen LogP) is 7.52. The van der Waals surface area contributed by atoms with Gasteiger partial charge in [0.1, 0.15) is 0 Å². The second-order valence-corrected chi connectivity index (χ2v) is 13.3. The Hall–Kier alpha value is -2.82. The molecule has 0 aliphatic carbocycles. The molecule has 2 aromatic carbocycles. The van der Waals surface area contributed by atoms with E-state index in [2.05, 4.69) is 0 Å². The fourth-order valence-corrected chi connectivity index (χ4v) is 5.97. The summed E-state index contributed by atoms with van der Waals surface area (Å²) < 4.78 is 93.8. The van der Waals surface area contributed by atoms with Gasteiger partial charge in [0.05, 0.1) is 16.8 Å². The lowest BCUT2D eigenvalue weighted by atomic mass is 9.76. The lowest BCUT2D eigenvalue weighted by molar-refractivity contribution is -0.164. The zero-order valence-electron chi connectivity index (χ0n) is 22.8. The number of halogens is 5. The summed E-state index contributed by atoms with van der Waals surface area (Å²) >= 11 is 0. The third-order valence-corrected chi connectivity index (χ3v) is 8.07. The van der Waals surface area contributed by atoms with Crippen LogP contribution in [-0.2, 0) is 47.9 Å². The lowest BCUT2D eigenvalue weighted by Gasteiger charge is -2.36. The first-order chi connectivity index (χ1) is 17.9. The SMILES string of the molecule is CC(C)(C)OP(=O)(OC(C)(C)C)C(F)(F)c1ccc(CC(Cc2ccc(C(F)(F)F)cc2)(C(=O)O)C(=O)O)cc1. The van der Waals surface area contributed by atoms with Crippen LogP contribution in [0.2, 0.25) is 0 Å². The van der Waals surface area contributed by atoms with E-state index in [1.165, 1.54) is 41.5 Å². The molecule has 2 aromatic rings. The molecule has 0 saturated heterocycles. The van der Waals surface area contributed by atoms with Gasteiger partial charge in [0.15, 0.2) is 5.41 Å². The zero-order valence-corrected chi connectivity index (χ0v) is 23.7. The van der Waals surface area contributed by atoms with E-state index in [9.17, 15) is 37.5 Å². The van der Waals surface area contributed by atoms with Crippen LogP contribution < -0.4 is 0 Å². The lowest BCUT2D eigenvalue weighted by Crippen LogP contribution is -2.43. The maximum atomic E-state index is 15.6. The maximum Gasteiger partial charge on any atom is 0.416 e. The summed E-state index contributed by atoms with van der Waals surface area (Å²) in [5, 5.41) is 19.7. The molecule has 0 aromatic heterocycles. The van der Waals surface area contributed by atoms with Gasteiger partial charge in [-0.3, -0.25) is 23.2 Å². The molecule has 0 amide bonds. The molecule has 13 heteroatoms. The summed E-state index contributed by atoms with van der Waals surface area (Å²) in [6, 6.07) is 7.24. The first-order valence-electron chi connectivity index (χ1n) is 12.0. The van der Waals surface area contributed by atoms with Gasteiger partial charge in [-0.15, -0.1) is 0 Å². The Morgan fingerprint density at radius 1 is 0.675 bits per heavy atom. The average molecular weight is 595 g/mol. The van der Waals surface area contributed by atoms with Crippen molar-refractivity contribution in [3.63, 3.8) is 0 Å². The quantitative estimate of drug-likeness (QED) is 0.166. The maximum absolute atomic E-state index is 15.6. The number of rotatable bonds is 10. The molecule has 0 fully saturated rings. The van der Waals surface area contributed by atoms with E-state index in [-0.39, 0.29) is 11.1 Å². The molecule has 0 heterocycles. The van der Waals surface area contributed by atoms with Gasteiger partial charge in [-0.1, -0.05) is 36.4 Å². The Bertz CT molecular complexity index is 1220. The molecule has 0 radical (unpaired) electrons. The third-order valence-electron chi connectivity index (χ3n) is 5.55. The minimum absolute atomic E-state index is 0.0144. The normalized spacial score (nSPS) is 13.8. The van der Waals surface area contributed by atoms with Crippen molar-refractivity contribution in [1.82, 2.24) is 0 Å². The van der Waals surface area contributed by atoms with E-state index < -0.39 is 72.0 Å². The smallest absolute Gasteiger partial charge is 0.416 e. The average Bonchev–Trinajstić information content (AvgIpc) is 2.75. The van der Waals surface area contributed by atoms with Crippen LogP contribution in [0.3, 0.4) is 0 Å². The molecular weight excluding hydrogens is 562 g/mol. The second kappa shape index (κ2) is 11.2. The molecular formula is C27H32F5O7P. The Labute approximate surface area is 228 Å². The van der Waals surface area contributed by atoms with Gasteiger partial charge < -0.3 is 10.2 Å². The summed E-state index contributed by atoms with van der Waals surface area (Å²) in [6.07, 6.45) is -6.00. The molecule has 0 unspecified atom stereocenters. The summed E-state index contributed by atoms with van der Waals surface area (Å²) in [6.45, 7) is 8.58. The molecule has 222 valence electrons. The fourth-order valence-electron chi connectivity index (χ4n) is 3.80. The fraction of sp³-hybridized carbons (Fsp3) is 0.481. The zero-order chi connectivity index (χ0) is 30.9. The molecule has 0 saturated carbocycles. The molecule has 2 rings (SSSR count). The number of carboxylic acids is 2. The molecule has 0 spiro atoms. The van der Waals surface area contributed by atoms with Gasteiger partial charge in [-0.25, -0.2) is 0 Å². The van der Waals surface area contributed by atoms with Crippen LogP contribution in [0.15, 0.2) is 48.5 Å². The number of carbonyl (C=O) groups is 2. The molecule has 0 aliphatic rings. The Balaban J connectivity index is 2.46. The van der Waals surface area contributed by atoms with Crippen molar-refractivity contribution < 1.29 is 55.4 Å². The van der Waals surface area contributed by atoms with Gasteiger partial charge in [0, 0.05) is 5.56 Å². The highest BCUT2D eigenvalue weighted by Crippen LogP contribution is 2.69. The van der Waals surface area contributed by atoms with Crippen LogP contribution >= 0.6 is 7.60 Å². The monoisotopic (exact) mass is 594 g/mol. The standard InChI is InChI=1S/C27H32F5O7P/c1-23(2,3)38-40(37,39-24(4,5)6)27(31,32)20-13-9-18(10-14-20)16-25(21(33)34,22(35)36)15-17-7-11-19(12-8-17)26(28,29)30/h7-14H,15-16H2,1-6H3,(H,33,34)(H,35,36). The Morgan fingerprint density at radius 2 is 1.00 bits per heavy atom. The number of alkyl halides is 5. The summed E-state index contributed by atoms with van der Waals surface area (Å²) in [5.41, 5.74) is -10.9. The van der Waals surface area contributed by atoms with Crippen LogP contribution in [0, 0.1) is 5.41 Å². The first-order valence-corrected chi connectivity index (χ1v) is 13.6.